The van der Waals surface area contributed by atoms with Crippen LogP contribution in [0.25, 0.3) is 0 Å². The number of carbonyl (C=O) groups excluding carboxylic acids is 1. The van der Waals surface area contributed by atoms with Crippen molar-refractivity contribution in [3.8, 4) is 0 Å². The van der Waals surface area contributed by atoms with Crippen LogP contribution >= 0.6 is 0 Å². The van der Waals surface area contributed by atoms with E-state index in [1.165, 1.54) is 0 Å². The lowest BCUT2D eigenvalue weighted by molar-refractivity contribution is -0.145. The van der Waals surface area contributed by atoms with Crippen LogP contribution in [0.15, 0.2) is 0 Å². The summed E-state index contributed by atoms with van der Waals surface area (Å²) in [4.78, 5) is 13.3. The van der Waals surface area contributed by atoms with Crippen LogP contribution in [0.5, 0.6) is 0 Å². The number of nitrogens with two attached hydrogens (primary N) is 1. The van der Waals surface area contributed by atoms with Gasteiger partial charge in [0.1, 0.15) is 6.04 Å². The summed E-state index contributed by atoms with van der Waals surface area (Å²) in [5, 5.41) is 0. The third-order valence-corrected chi connectivity index (χ3v) is 1.84. The summed E-state index contributed by atoms with van der Waals surface area (Å²) in [6.07, 6.45) is 0. The molecule has 0 aliphatic heterocycles. The Balaban J connectivity index is 3.96. The number of hydrogen-bond donors (Lipinski definition) is 1. The minimum Gasteiger partial charge on any atom is -0.465 e. The fourth-order valence-electron chi connectivity index (χ4n) is 1.53. The highest BCUT2D eigenvalue weighted by molar-refractivity contribution is 5.75. The van der Waals surface area contributed by atoms with Crippen molar-refractivity contribution in [1.82, 2.24) is 4.90 Å². The maximum Gasteiger partial charge on any atom is 0.324 e. The van der Waals surface area contributed by atoms with Crippen LogP contribution in [0, 0.1) is 5.41 Å². The maximum atomic E-state index is 11.3. The van der Waals surface area contributed by atoms with E-state index in [4.69, 9.17) is 10.5 Å². The lowest BCUT2D eigenvalue weighted by atomic mass is 9.96. The number of hydrogen-bond acceptors (Lipinski definition) is 4. The molecule has 0 aromatic carbocycles. The zero-order chi connectivity index (χ0) is 12.1. The molecule has 1 atom stereocenters. The third-order valence-electron chi connectivity index (χ3n) is 1.84. The van der Waals surface area contributed by atoms with Crippen molar-refractivity contribution in [2.24, 2.45) is 11.1 Å². The van der Waals surface area contributed by atoms with Gasteiger partial charge in [-0.05, 0) is 19.4 Å². The molecule has 0 rings (SSSR count). The molecule has 0 fully saturated rings. The van der Waals surface area contributed by atoms with Gasteiger partial charge in [0.2, 0.25) is 0 Å². The summed E-state index contributed by atoms with van der Waals surface area (Å²) in [6, 6.07) is -0.544. The molecule has 0 heterocycles. The van der Waals surface area contributed by atoms with E-state index in [0.29, 0.717) is 13.2 Å². The van der Waals surface area contributed by atoms with Crippen LogP contribution in [0.1, 0.15) is 27.7 Å². The fourth-order valence-corrected chi connectivity index (χ4v) is 1.53. The molecule has 4 heteroatoms. The molecule has 0 saturated heterocycles. The summed E-state index contributed by atoms with van der Waals surface area (Å²) < 4.78 is 4.84. The molecule has 0 aliphatic rings. The zero-order valence-corrected chi connectivity index (χ0v) is 10.5. The molecule has 0 aliphatic carbocycles. The second-order valence-electron chi connectivity index (χ2n) is 5.12. The van der Waals surface area contributed by atoms with Gasteiger partial charge in [-0.15, -0.1) is 0 Å². The minimum absolute atomic E-state index is 0.211. The first-order valence-electron chi connectivity index (χ1n) is 5.37. The summed E-state index contributed by atoms with van der Waals surface area (Å²) in [5.74, 6) is -0.321. The van der Waals surface area contributed by atoms with Crippen LogP contribution in [0.3, 0.4) is 0 Å². The first-order chi connectivity index (χ1) is 6.76. The Kier molecular flexibility index (Phi) is 5.83. The summed E-state index contributed by atoms with van der Waals surface area (Å²) in [6.45, 7) is 10.1. The van der Waals surface area contributed by atoms with Crippen molar-refractivity contribution in [3.63, 3.8) is 0 Å². The number of esters is 1. The highest BCUT2D eigenvalue weighted by Gasteiger charge is 2.19. The highest BCUT2D eigenvalue weighted by atomic mass is 16.5. The van der Waals surface area contributed by atoms with Crippen molar-refractivity contribution in [3.05, 3.63) is 0 Å². The molecule has 0 amide bonds. The monoisotopic (exact) mass is 216 g/mol. The molecule has 2 N–H and O–H groups in total. The SMILES string of the molecule is CCOC(=O)C(N)CN(C)CC(C)(C)C. The third kappa shape index (κ3) is 7.33. The predicted octanol–water partition coefficient (Wildman–Crippen LogP) is 0.855. The fraction of sp³-hybridized carbons (Fsp3) is 0.909. The number of nitrogens with zero attached hydrogens (tertiary/aromatic N) is 1. The number of carbonyl (C=O) groups is 1. The largest absolute Gasteiger partial charge is 0.465 e. The Hall–Kier alpha value is -0.610. The van der Waals surface area contributed by atoms with Gasteiger partial charge in [-0.2, -0.15) is 0 Å². The average Bonchev–Trinajstić information content (AvgIpc) is 2.00. The highest BCUT2D eigenvalue weighted by Crippen LogP contribution is 2.13. The van der Waals surface area contributed by atoms with Gasteiger partial charge < -0.3 is 15.4 Å². The van der Waals surface area contributed by atoms with Crippen LogP contribution in [-0.2, 0) is 9.53 Å². The Morgan fingerprint density at radius 1 is 1.47 bits per heavy atom. The molecule has 15 heavy (non-hydrogen) atoms. The van der Waals surface area contributed by atoms with Gasteiger partial charge >= 0.3 is 5.97 Å². The molecular weight excluding hydrogens is 192 g/mol. The van der Waals surface area contributed by atoms with Crippen molar-refractivity contribution >= 4 is 5.97 Å². The number of likely N-dealkylation sites (N-methyl/N-ethyl adjacent to an activating group) is 1. The van der Waals surface area contributed by atoms with Crippen molar-refractivity contribution < 1.29 is 9.53 Å². The Labute approximate surface area is 92.8 Å². The molecule has 0 saturated carbocycles. The zero-order valence-electron chi connectivity index (χ0n) is 10.5. The first-order valence-corrected chi connectivity index (χ1v) is 5.37. The van der Waals surface area contributed by atoms with Gasteiger partial charge in [0.05, 0.1) is 6.61 Å². The molecule has 0 aromatic rings. The van der Waals surface area contributed by atoms with E-state index in [2.05, 4.69) is 25.7 Å². The molecule has 0 aromatic heterocycles. The average molecular weight is 216 g/mol. The topological polar surface area (TPSA) is 55.6 Å². The number of ether oxygens (including phenoxy) is 1. The van der Waals surface area contributed by atoms with Crippen LogP contribution in [0.4, 0.5) is 0 Å². The van der Waals surface area contributed by atoms with Gasteiger partial charge in [0.15, 0.2) is 0 Å². The first kappa shape index (κ1) is 14.4. The van der Waals surface area contributed by atoms with E-state index in [1.807, 2.05) is 7.05 Å². The molecule has 1 unspecified atom stereocenters. The normalized spacial score (nSPS) is 14.1. The van der Waals surface area contributed by atoms with Crippen LogP contribution in [0.2, 0.25) is 0 Å². The van der Waals surface area contributed by atoms with Crippen molar-refractivity contribution in [2.75, 3.05) is 26.7 Å². The summed E-state index contributed by atoms with van der Waals surface area (Å²) in [7, 11) is 1.96. The Morgan fingerprint density at radius 2 is 2.00 bits per heavy atom. The molecule has 0 bridgehead atoms. The van der Waals surface area contributed by atoms with Crippen LogP contribution in [-0.4, -0.2) is 43.7 Å². The van der Waals surface area contributed by atoms with Gasteiger partial charge in [-0.25, -0.2) is 0 Å². The quantitative estimate of drug-likeness (QED) is 0.692. The molecule has 90 valence electrons. The van der Waals surface area contributed by atoms with Gasteiger partial charge in [0.25, 0.3) is 0 Å². The van der Waals surface area contributed by atoms with E-state index in [9.17, 15) is 4.79 Å². The second-order valence-corrected chi connectivity index (χ2v) is 5.12. The summed E-state index contributed by atoms with van der Waals surface area (Å²) >= 11 is 0. The molecule has 0 radical (unpaired) electrons. The Morgan fingerprint density at radius 3 is 2.40 bits per heavy atom. The minimum atomic E-state index is -0.544. The van der Waals surface area contributed by atoms with E-state index >= 15 is 0 Å². The summed E-state index contributed by atoms with van der Waals surface area (Å²) in [5.41, 5.74) is 5.92. The Bertz CT molecular complexity index is 199. The lowest BCUT2D eigenvalue weighted by Crippen LogP contribution is -2.44. The van der Waals surface area contributed by atoms with Gasteiger partial charge in [-0.3, -0.25) is 4.79 Å². The van der Waals surface area contributed by atoms with Crippen molar-refractivity contribution in [2.45, 2.75) is 33.7 Å². The standard InChI is InChI=1S/C11H24N2O2/c1-6-15-10(14)9(12)7-13(5)8-11(2,3)4/h9H,6-8,12H2,1-5H3. The number of rotatable bonds is 5. The van der Waals surface area contributed by atoms with Crippen LogP contribution < -0.4 is 5.73 Å². The molecule has 4 nitrogen and oxygen atoms in total. The predicted molar refractivity (Wildman–Crippen MR) is 61.6 cm³/mol. The smallest absolute Gasteiger partial charge is 0.324 e. The van der Waals surface area contributed by atoms with Gasteiger partial charge in [0, 0.05) is 13.1 Å². The van der Waals surface area contributed by atoms with Gasteiger partial charge in [-0.1, -0.05) is 20.8 Å². The van der Waals surface area contributed by atoms with Crippen molar-refractivity contribution in [1.29, 1.82) is 0 Å². The molecular formula is C11H24N2O2. The van der Waals surface area contributed by atoms with E-state index in [-0.39, 0.29) is 11.4 Å². The maximum absolute atomic E-state index is 11.3. The van der Waals surface area contributed by atoms with E-state index < -0.39 is 6.04 Å². The lowest BCUT2D eigenvalue weighted by Gasteiger charge is -2.27. The van der Waals surface area contributed by atoms with E-state index in [1.54, 1.807) is 6.92 Å². The molecule has 0 spiro atoms. The van der Waals surface area contributed by atoms with E-state index in [0.717, 1.165) is 6.54 Å². The second kappa shape index (κ2) is 6.08.